The van der Waals surface area contributed by atoms with Crippen molar-refractivity contribution in [2.45, 2.75) is 44.6 Å². The van der Waals surface area contributed by atoms with Gasteiger partial charge >= 0.3 is 5.97 Å². The van der Waals surface area contributed by atoms with Crippen molar-refractivity contribution in [1.82, 2.24) is 9.91 Å². The van der Waals surface area contributed by atoms with E-state index in [4.69, 9.17) is 4.74 Å². The zero-order valence-electron chi connectivity index (χ0n) is 15.9. The smallest absolute Gasteiger partial charge is 0.311 e. The Balaban J connectivity index is 1.27. The first-order valence-electron chi connectivity index (χ1n) is 10.0. The SMILES string of the molecule is O=C(OCC(=O)N1CCC(c2ccccc2)=N1)[C@H]1CC(=O)N(C2CCCC2)C1. The van der Waals surface area contributed by atoms with Crippen LogP contribution in [0.3, 0.4) is 0 Å². The van der Waals surface area contributed by atoms with Crippen molar-refractivity contribution in [2.75, 3.05) is 19.7 Å². The number of nitrogens with zero attached hydrogens (tertiary/aromatic N) is 3. The maximum absolute atomic E-state index is 12.3. The van der Waals surface area contributed by atoms with Gasteiger partial charge in [0.25, 0.3) is 5.91 Å². The second-order valence-corrected chi connectivity index (χ2v) is 7.67. The molecule has 28 heavy (non-hydrogen) atoms. The zero-order chi connectivity index (χ0) is 19.5. The van der Waals surface area contributed by atoms with Gasteiger partial charge in [0, 0.05) is 25.4 Å². The third kappa shape index (κ3) is 3.93. The summed E-state index contributed by atoms with van der Waals surface area (Å²) < 4.78 is 5.22. The van der Waals surface area contributed by atoms with E-state index in [1.165, 1.54) is 5.01 Å². The van der Waals surface area contributed by atoms with Crippen LogP contribution >= 0.6 is 0 Å². The average Bonchev–Trinajstić information content (AvgIpc) is 3.46. The fourth-order valence-electron chi connectivity index (χ4n) is 4.25. The summed E-state index contributed by atoms with van der Waals surface area (Å²) in [6.07, 6.45) is 5.17. The molecule has 0 unspecified atom stereocenters. The molecule has 1 atom stereocenters. The van der Waals surface area contributed by atoms with E-state index in [-0.39, 0.29) is 30.9 Å². The summed E-state index contributed by atoms with van der Waals surface area (Å²) in [6.45, 7) is 0.563. The lowest BCUT2D eigenvalue weighted by Crippen LogP contribution is -2.35. The van der Waals surface area contributed by atoms with E-state index in [2.05, 4.69) is 5.10 Å². The highest BCUT2D eigenvalue weighted by atomic mass is 16.5. The summed E-state index contributed by atoms with van der Waals surface area (Å²) in [5, 5.41) is 5.72. The minimum Gasteiger partial charge on any atom is -0.455 e. The van der Waals surface area contributed by atoms with Gasteiger partial charge in [-0.25, -0.2) is 5.01 Å². The van der Waals surface area contributed by atoms with Crippen LogP contribution in [0.25, 0.3) is 0 Å². The molecule has 1 aromatic carbocycles. The highest BCUT2D eigenvalue weighted by molar-refractivity contribution is 6.02. The molecule has 0 N–H and O–H groups in total. The Bertz CT molecular complexity index is 786. The Morgan fingerprint density at radius 3 is 2.64 bits per heavy atom. The topological polar surface area (TPSA) is 79.3 Å². The van der Waals surface area contributed by atoms with Crippen molar-refractivity contribution in [3.05, 3.63) is 35.9 Å². The molecular weight excluding hydrogens is 358 g/mol. The monoisotopic (exact) mass is 383 g/mol. The summed E-state index contributed by atoms with van der Waals surface area (Å²) in [4.78, 5) is 38.7. The number of carbonyl (C=O) groups is 3. The van der Waals surface area contributed by atoms with Gasteiger partial charge in [-0.05, 0) is 18.4 Å². The van der Waals surface area contributed by atoms with E-state index < -0.39 is 11.9 Å². The molecule has 0 radical (unpaired) electrons. The van der Waals surface area contributed by atoms with E-state index in [0.29, 0.717) is 19.5 Å². The molecule has 7 heteroatoms. The maximum Gasteiger partial charge on any atom is 0.311 e. The molecule has 4 rings (SSSR count). The van der Waals surface area contributed by atoms with E-state index in [9.17, 15) is 14.4 Å². The van der Waals surface area contributed by atoms with Crippen LogP contribution in [0.1, 0.15) is 44.1 Å². The van der Waals surface area contributed by atoms with Gasteiger partial charge in [-0.3, -0.25) is 14.4 Å². The molecule has 148 valence electrons. The van der Waals surface area contributed by atoms with Crippen molar-refractivity contribution >= 4 is 23.5 Å². The Morgan fingerprint density at radius 2 is 1.89 bits per heavy atom. The third-order valence-corrected chi connectivity index (χ3v) is 5.79. The standard InChI is InChI=1S/C21H25N3O4/c25-19-12-16(13-23(19)17-8-4-5-9-17)21(27)28-14-20(26)24-11-10-18(22-24)15-6-2-1-3-7-15/h1-3,6-7,16-17H,4-5,8-14H2/t16-/m0/s1. The number of amides is 2. The largest absolute Gasteiger partial charge is 0.455 e. The van der Waals surface area contributed by atoms with Gasteiger partial charge in [-0.1, -0.05) is 43.2 Å². The van der Waals surface area contributed by atoms with E-state index in [1.54, 1.807) is 0 Å². The summed E-state index contributed by atoms with van der Waals surface area (Å²) in [5.41, 5.74) is 1.85. The normalized spacial score (nSPS) is 22.6. The summed E-state index contributed by atoms with van der Waals surface area (Å²) in [7, 11) is 0. The van der Waals surface area contributed by atoms with E-state index >= 15 is 0 Å². The van der Waals surface area contributed by atoms with Crippen molar-refractivity contribution in [3.8, 4) is 0 Å². The van der Waals surface area contributed by atoms with Gasteiger partial charge in [-0.15, -0.1) is 0 Å². The van der Waals surface area contributed by atoms with Crippen LogP contribution < -0.4 is 0 Å². The number of ether oxygens (including phenoxy) is 1. The molecule has 2 fully saturated rings. The van der Waals surface area contributed by atoms with Crippen molar-refractivity contribution in [2.24, 2.45) is 11.0 Å². The molecule has 2 heterocycles. The lowest BCUT2D eigenvalue weighted by atomic mass is 10.1. The lowest BCUT2D eigenvalue weighted by Gasteiger charge is -2.23. The van der Waals surface area contributed by atoms with Gasteiger partial charge < -0.3 is 9.64 Å². The molecule has 0 aromatic heterocycles. The molecule has 7 nitrogen and oxygen atoms in total. The van der Waals surface area contributed by atoms with Crippen LogP contribution in [0.15, 0.2) is 35.4 Å². The number of benzene rings is 1. The van der Waals surface area contributed by atoms with Crippen molar-refractivity contribution in [1.29, 1.82) is 0 Å². The van der Waals surface area contributed by atoms with Crippen LogP contribution in [0.5, 0.6) is 0 Å². The number of rotatable bonds is 5. The number of hydrazone groups is 1. The molecule has 1 saturated carbocycles. The Hall–Kier alpha value is -2.70. The Morgan fingerprint density at radius 1 is 1.14 bits per heavy atom. The molecule has 1 aromatic rings. The predicted molar refractivity (Wildman–Crippen MR) is 102 cm³/mol. The number of hydrogen-bond donors (Lipinski definition) is 0. The van der Waals surface area contributed by atoms with Crippen molar-refractivity contribution < 1.29 is 19.1 Å². The highest BCUT2D eigenvalue weighted by Crippen LogP contribution is 2.29. The molecule has 2 amide bonds. The summed E-state index contributed by atoms with van der Waals surface area (Å²) in [6, 6.07) is 9.98. The molecule has 1 aliphatic carbocycles. The molecule has 2 aliphatic heterocycles. The van der Waals surface area contributed by atoms with Crippen LogP contribution in [-0.4, -0.2) is 59.1 Å². The molecule has 1 saturated heterocycles. The number of esters is 1. The van der Waals surface area contributed by atoms with Gasteiger partial charge in [-0.2, -0.15) is 5.10 Å². The molecule has 0 bridgehead atoms. The fraction of sp³-hybridized carbons (Fsp3) is 0.524. The molecule has 0 spiro atoms. The minimum absolute atomic E-state index is 0.0248. The number of likely N-dealkylation sites (tertiary alicyclic amines) is 1. The van der Waals surface area contributed by atoms with E-state index in [1.807, 2.05) is 35.2 Å². The highest BCUT2D eigenvalue weighted by Gasteiger charge is 2.39. The first-order chi connectivity index (χ1) is 13.6. The van der Waals surface area contributed by atoms with Gasteiger partial charge in [0.05, 0.1) is 18.2 Å². The van der Waals surface area contributed by atoms with Gasteiger partial charge in [0.15, 0.2) is 6.61 Å². The summed E-state index contributed by atoms with van der Waals surface area (Å²) >= 11 is 0. The predicted octanol–water partition coefficient (Wildman–Crippen LogP) is 1.96. The average molecular weight is 383 g/mol. The number of hydrogen-bond acceptors (Lipinski definition) is 5. The van der Waals surface area contributed by atoms with Crippen LogP contribution in [-0.2, 0) is 19.1 Å². The Kier molecular flexibility index (Phi) is 5.41. The maximum atomic E-state index is 12.3. The van der Waals surface area contributed by atoms with E-state index in [0.717, 1.165) is 37.0 Å². The minimum atomic E-state index is -0.470. The van der Waals surface area contributed by atoms with Crippen LogP contribution in [0, 0.1) is 5.92 Å². The lowest BCUT2D eigenvalue weighted by molar-refractivity contribution is -0.155. The quantitative estimate of drug-likeness (QED) is 0.728. The third-order valence-electron chi connectivity index (χ3n) is 5.79. The first-order valence-corrected chi connectivity index (χ1v) is 10.0. The van der Waals surface area contributed by atoms with Crippen molar-refractivity contribution in [3.63, 3.8) is 0 Å². The van der Waals surface area contributed by atoms with Gasteiger partial charge in [0.1, 0.15) is 0 Å². The van der Waals surface area contributed by atoms with Gasteiger partial charge in [0.2, 0.25) is 5.91 Å². The molecular formula is C21H25N3O4. The van der Waals surface area contributed by atoms with Crippen LogP contribution in [0.2, 0.25) is 0 Å². The Labute approximate surface area is 164 Å². The summed E-state index contributed by atoms with van der Waals surface area (Å²) in [5.74, 6) is -1.25. The number of carbonyl (C=O) groups excluding carboxylic acids is 3. The second-order valence-electron chi connectivity index (χ2n) is 7.67. The fourth-order valence-corrected chi connectivity index (χ4v) is 4.25. The van der Waals surface area contributed by atoms with Crippen LogP contribution in [0.4, 0.5) is 0 Å². The zero-order valence-corrected chi connectivity index (χ0v) is 15.9. The molecule has 3 aliphatic rings. The second kappa shape index (κ2) is 8.12. The first kappa shape index (κ1) is 18.7.